The number of benzene rings is 2. The molecule has 5 nitrogen and oxygen atoms in total. The Morgan fingerprint density at radius 3 is 2.76 bits per heavy atom. The molecule has 1 N–H and O–H groups in total. The Kier molecular flexibility index (Phi) is 4.05. The van der Waals surface area contributed by atoms with E-state index in [1.807, 2.05) is 30.5 Å². The molecule has 1 aliphatic heterocycles. The maximum atomic E-state index is 6.27. The van der Waals surface area contributed by atoms with Gasteiger partial charge in [0.1, 0.15) is 0 Å². The summed E-state index contributed by atoms with van der Waals surface area (Å²) in [6, 6.07) is 14.4. The Labute approximate surface area is 150 Å². The van der Waals surface area contributed by atoms with Gasteiger partial charge in [0.2, 0.25) is 11.0 Å². The molecular weight excluding hydrogens is 332 g/mol. The van der Waals surface area contributed by atoms with Gasteiger partial charge in [-0.3, -0.25) is 0 Å². The van der Waals surface area contributed by atoms with Crippen LogP contribution in [0.5, 0.6) is 5.88 Å². The number of hydrogen-bond acceptors (Lipinski definition) is 6. The highest BCUT2D eigenvalue weighted by molar-refractivity contribution is 7.98. The van der Waals surface area contributed by atoms with E-state index in [4.69, 9.17) is 4.74 Å². The molecule has 0 spiro atoms. The van der Waals surface area contributed by atoms with Crippen molar-refractivity contribution >= 4 is 17.4 Å². The van der Waals surface area contributed by atoms with Gasteiger partial charge in [0, 0.05) is 16.8 Å². The predicted octanol–water partition coefficient (Wildman–Crippen LogP) is 4.38. The minimum absolute atomic E-state index is 0.339. The highest BCUT2D eigenvalue weighted by Gasteiger charge is 2.26. The number of fused-ring (bicyclic) bond motifs is 3. The molecule has 2 aromatic carbocycles. The number of hydrogen-bond donors (Lipinski definition) is 1. The Morgan fingerprint density at radius 2 is 1.92 bits per heavy atom. The van der Waals surface area contributed by atoms with Crippen LogP contribution in [0, 0.1) is 13.8 Å². The first kappa shape index (κ1) is 15.9. The molecule has 4 rings (SSSR count). The molecular formula is C19H18N4OS. The van der Waals surface area contributed by atoms with Crippen molar-refractivity contribution in [2.45, 2.75) is 25.2 Å². The summed E-state index contributed by atoms with van der Waals surface area (Å²) >= 11 is 1.45. The van der Waals surface area contributed by atoms with Crippen molar-refractivity contribution in [1.82, 2.24) is 15.2 Å². The van der Waals surface area contributed by atoms with Crippen molar-refractivity contribution in [3.63, 3.8) is 0 Å². The SMILES string of the molecule is CSc1nnc2c(n1)O[C@@H](c1cc(C)ccc1C)Nc1ccccc1-2. The van der Waals surface area contributed by atoms with Gasteiger partial charge in [-0.2, -0.15) is 4.98 Å². The summed E-state index contributed by atoms with van der Waals surface area (Å²) in [5.41, 5.74) is 6.00. The summed E-state index contributed by atoms with van der Waals surface area (Å²) in [6.07, 6.45) is 1.59. The van der Waals surface area contributed by atoms with Crippen LogP contribution in [-0.4, -0.2) is 21.4 Å². The van der Waals surface area contributed by atoms with E-state index in [1.54, 1.807) is 0 Å². The lowest BCUT2D eigenvalue weighted by atomic mass is 10.0. The molecule has 0 saturated carbocycles. The molecule has 1 aromatic heterocycles. The summed E-state index contributed by atoms with van der Waals surface area (Å²) < 4.78 is 6.27. The summed E-state index contributed by atoms with van der Waals surface area (Å²) in [7, 11) is 0. The first-order chi connectivity index (χ1) is 12.2. The van der Waals surface area contributed by atoms with Crippen molar-refractivity contribution in [3.8, 4) is 17.1 Å². The van der Waals surface area contributed by atoms with E-state index in [0.717, 1.165) is 22.4 Å². The molecule has 0 bridgehead atoms. The fourth-order valence-corrected chi connectivity index (χ4v) is 3.21. The van der Waals surface area contributed by atoms with Crippen LogP contribution in [0.1, 0.15) is 22.9 Å². The van der Waals surface area contributed by atoms with Crippen LogP contribution < -0.4 is 10.1 Å². The number of nitrogens with one attached hydrogen (secondary N) is 1. The first-order valence-electron chi connectivity index (χ1n) is 8.04. The average Bonchev–Trinajstić information content (AvgIpc) is 2.79. The predicted molar refractivity (Wildman–Crippen MR) is 100.0 cm³/mol. The van der Waals surface area contributed by atoms with E-state index < -0.39 is 0 Å². The van der Waals surface area contributed by atoms with Crippen LogP contribution in [-0.2, 0) is 0 Å². The van der Waals surface area contributed by atoms with E-state index in [-0.39, 0.29) is 6.23 Å². The number of nitrogens with zero attached hydrogens (tertiary/aromatic N) is 3. The van der Waals surface area contributed by atoms with Crippen molar-refractivity contribution in [2.24, 2.45) is 0 Å². The summed E-state index contributed by atoms with van der Waals surface area (Å²) in [5.74, 6) is 0.503. The maximum Gasteiger partial charge on any atom is 0.247 e. The number of thioether (sulfide) groups is 1. The molecule has 0 amide bonds. The van der Waals surface area contributed by atoms with Crippen molar-refractivity contribution in [2.75, 3.05) is 11.6 Å². The molecule has 2 heterocycles. The number of rotatable bonds is 2. The van der Waals surface area contributed by atoms with Crippen molar-refractivity contribution in [1.29, 1.82) is 0 Å². The molecule has 0 unspecified atom stereocenters. The molecule has 126 valence electrons. The van der Waals surface area contributed by atoms with E-state index in [2.05, 4.69) is 52.5 Å². The number of para-hydroxylation sites is 1. The fourth-order valence-electron chi connectivity index (χ4n) is 2.92. The molecule has 0 fully saturated rings. The molecule has 25 heavy (non-hydrogen) atoms. The van der Waals surface area contributed by atoms with Gasteiger partial charge in [0.05, 0.1) is 0 Å². The molecule has 6 heteroatoms. The number of ether oxygens (including phenoxy) is 1. The van der Waals surface area contributed by atoms with Gasteiger partial charge in [0.15, 0.2) is 11.9 Å². The Morgan fingerprint density at radius 1 is 1.08 bits per heavy atom. The quantitative estimate of drug-likeness (QED) is 0.692. The highest BCUT2D eigenvalue weighted by Crippen LogP contribution is 2.39. The number of anilines is 1. The monoisotopic (exact) mass is 350 g/mol. The van der Waals surface area contributed by atoms with Crippen LogP contribution in [0.4, 0.5) is 5.69 Å². The number of aryl methyl sites for hydroxylation is 2. The van der Waals surface area contributed by atoms with Crippen LogP contribution in [0.2, 0.25) is 0 Å². The molecule has 3 aromatic rings. The third-order valence-corrected chi connectivity index (χ3v) is 4.77. The second-order valence-electron chi connectivity index (χ2n) is 6.00. The van der Waals surface area contributed by atoms with Gasteiger partial charge in [-0.25, -0.2) is 0 Å². The first-order valence-corrected chi connectivity index (χ1v) is 9.26. The Hall–Kier alpha value is -2.60. The zero-order valence-electron chi connectivity index (χ0n) is 14.3. The summed E-state index contributed by atoms with van der Waals surface area (Å²) in [5, 5.41) is 12.6. The molecule has 0 aliphatic carbocycles. The normalized spacial score (nSPS) is 15.4. The van der Waals surface area contributed by atoms with Gasteiger partial charge >= 0.3 is 0 Å². The van der Waals surface area contributed by atoms with Crippen molar-refractivity contribution < 1.29 is 4.74 Å². The van der Waals surface area contributed by atoms with Crippen LogP contribution >= 0.6 is 11.8 Å². The van der Waals surface area contributed by atoms with Crippen LogP contribution in [0.15, 0.2) is 47.6 Å². The van der Waals surface area contributed by atoms with E-state index in [1.165, 1.54) is 17.3 Å². The van der Waals surface area contributed by atoms with Gasteiger partial charge in [-0.05, 0) is 31.7 Å². The van der Waals surface area contributed by atoms with E-state index in [0.29, 0.717) is 16.7 Å². The zero-order valence-corrected chi connectivity index (χ0v) is 15.1. The lowest BCUT2D eigenvalue weighted by Crippen LogP contribution is -2.18. The molecule has 1 atom stereocenters. The van der Waals surface area contributed by atoms with Gasteiger partial charge < -0.3 is 10.1 Å². The minimum Gasteiger partial charge on any atom is -0.448 e. The summed E-state index contributed by atoms with van der Waals surface area (Å²) in [6.45, 7) is 4.17. The van der Waals surface area contributed by atoms with Crippen molar-refractivity contribution in [3.05, 3.63) is 59.2 Å². The van der Waals surface area contributed by atoms with Gasteiger partial charge in [-0.15, -0.1) is 10.2 Å². The van der Waals surface area contributed by atoms with E-state index >= 15 is 0 Å². The minimum atomic E-state index is -0.339. The molecule has 0 saturated heterocycles. The Bertz CT molecular complexity index is 944. The molecule has 1 aliphatic rings. The lowest BCUT2D eigenvalue weighted by molar-refractivity contribution is 0.224. The second-order valence-corrected chi connectivity index (χ2v) is 6.77. The Balaban J connectivity index is 1.89. The number of aromatic nitrogens is 3. The molecule has 0 radical (unpaired) electrons. The largest absolute Gasteiger partial charge is 0.448 e. The van der Waals surface area contributed by atoms with Crippen LogP contribution in [0.25, 0.3) is 11.3 Å². The second kappa shape index (κ2) is 6.37. The topological polar surface area (TPSA) is 59.9 Å². The maximum absolute atomic E-state index is 6.27. The summed E-state index contributed by atoms with van der Waals surface area (Å²) in [4.78, 5) is 4.55. The fraction of sp³-hybridized carbons (Fsp3) is 0.211. The third kappa shape index (κ3) is 2.93. The van der Waals surface area contributed by atoms with Gasteiger partial charge in [0.25, 0.3) is 0 Å². The van der Waals surface area contributed by atoms with E-state index in [9.17, 15) is 0 Å². The standard InChI is InChI=1S/C19H18N4OS/c1-11-8-9-12(2)14(10-11)17-20-15-7-5-4-6-13(15)16-18(24-17)21-19(25-3)23-22-16/h4-10,17,20H,1-3H3/t17-/m0/s1. The smallest absolute Gasteiger partial charge is 0.247 e. The average molecular weight is 350 g/mol. The van der Waals surface area contributed by atoms with Gasteiger partial charge in [-0.1, -0.05) is 53.7 Å². The van der Waals surface area contributed by atoms with Crippen LogP contribution in [0.3, 0.4) is 0 Å². The zero-order chi connectivity index (χ0) is 17.4. The third-order valence-electron chi connectivity index (χ3n) is 4.23. The lowest BCUT2D eigenvalue weighted by Gasteiger charge is -2.21. The highest BCUT2D eigenvalue weighted by atomic mass is 32.2.